The van der Waals surface area contributed by atoms with Crippen molar-refractivity contribution in [1.82, 2.24) is 15.6 Å². The molecule has 1 aromatic rings. The molecule has 0 aliphatic carbocycles. The van der Waals surface area contributed by atoms with Crippen LogP contribution in [0.25, 0.3) is 0 Å². The molecule has 0 aromatic carbocycles. The molecule has 2 saturated heterocycles. The summed E-state index contributed by atoms with van der Waals surface area (Å²) in [5.41, 5.74) is 1.28. The Morgan fingerprint density at radius 3 is 3.12 bits per heavy atom. The minimum absolute atomic E-state index is 0.534. The van der Waals surface area contributed by atoms with E-state index >= 15 is 0 Å². The maximum atomic E-state index is 4.78. The van der Waals surface area contributed by atoms with Crippen LogP contribution in [0, 0.1) is 5.92 Å². The summed E-state index contributed by atoms with van der Waals surface area (Å²) >= 11 is 1.84. The Kier molecular flexibility index (Phi) is 3.22. The van der Waals surface area contributed by atoms with Gasteiger partial charge in [-0.25, -0.2) is 4.98 Å². The molecule has 4 heteroatoms. The van der Waals surface area contributed by atoms with Gasteiger partial charge < -0.3 is 10.6 Å². The van der Waals surface area contributed by atoms with Gasteiger partial charge in [-0.1, -0.05) is 0 Å². The third kappa shape index (κ3) is 2.29. The molecule has 0 amide bonds. The lowest BCUT2D eigenvalue weighted by molar-refractivity contribution is 0.572. The third-order valence-corrected chi connectivity index (χ3v) is 4.50. The van der Waals surface area contributed by atoms with Crippen molar-refractivity contribution in [1.29, 1.82) is 0 Å². The Balaban J connectivity index is 1.62. The normalized spacial score (nSPS) is 30.0. The van der Waals surface area contributed by atoms with E-state index in [9.17, 15) is 0 Å². The van der Waals surface area contributed by atoms with Crippen molar-refractivity contribution in [3.63, 3.8) is 0 Å². The summed E-state index contributed by atoms with van der Waals surface area (Å²) < 4.78 is 0. The Labute approximate surface area is 101 Å². The Bertz CT molecular complexity index is 338. The lowest BCUT2D eigenvalue weighted by Crippen LogP contribution is -2.13. The van der Waals surface area contributed by atoms with Gasteiger partial charge >= 0.3 is 0 Å². The van der Waals surface area contributed by atoms with Crippen LogP contribution >= 0.6 is 11.3 Å². The van der Waals surface area contributed by atoms with Gasteiger partial charge in [-0.2, -0.15) is 0 Å². The molecular weight excluding hydrogens is 218 g/mol. The summed E-state index contributed by atoms with van der Waals surface area (Å²) in [7, 11) is 0. The second kappa shape index (κ2) is 4.82. The molecule has 2 aliphatic rings. The Hall–Kier alpha value is -0.450. The Morgan fingerprint density at radius 2 is 2.38 bits per heavy atom. The summed E-state index contributed by atoms with van der Waals surface area (Å²) in [5, 5.41) is 10.5. The smallest absolute Gasteiger partial charge is 0.0932 e. The van der Waals surface area contributed by atoms with Crippen LogP contribution in [0.5, 0.6) is 0 Å². The quantitative estimate of drug-likeness (QED) is 0.840. The summed E-state index contributed by atoms with van der Waals surface area (Å²) in [5.74, 6) is 0.815. The van der Waals surface area contributed by atoms with E-state index in [0.29, 0.717) is 6.04 Å². The summed E-state index contributed by atoms with van der Waals surface area (Å²) in [6, 6.07) is 0.534. The topological polar surface area (TPSA) is 37.0 Å². The number of aromatic nitrogens is 1. The van der Waals surface area contributed by atoms with Crippen molar-refractivity contribution in [3.8, 4) is 0 Å². The number of hydrogen-bond acceptors (Lipinski definition) is 4. The van der Waals surface area contributed by atoms with Crippen molar-refractivity contribution in [2.45, 2.75) is 31.7 Å². The first-order valence-corrected chi connectivity index (χ1v) is 7.18. The number of nitrogens with one attached hydrogen (secondary N) is 2. The predicted octanol–water partition coefficient (Wildman–Crippen LogP) is 1.72. The van der Waals surface area contributed by atoms with Gasteiger partial charge in [-0.05, 0) is 44.8 Å². The van der Waals surface area contributed by atoms with Crippen LogP contribution in [0.15, 0.2) is 5.38 Å². The molecule has 2 aliphatic heterocycles. The van der Waals surface area contributed by atoms with Gasteiger partial charge in [0.15, 0.2) is 0 Å². The first-order chi connectivity index (χ1) is 7.92. The van der Waals surface area contributed by atoms with Crippen LogP contribution < -0.4 is 10.6 Å². The number of thiazole rings is 1. The van der Waals surface area contributed by atoms with E-state index in [1.165, 1.54) is 49.5 Å². The third-order valence-electron chi connectivity index (χ3n) is 3.61. The Morgan fingerprint density at radius 1 is 1.38 bits per heavy atom. The molecule has 0 spiro atoms. The van der Waals surface area contributed by atoms with Crippen molar-refractivity contribution in [3.05, 3.63) is 16.1 Å². The van der Waals surface area contributed by atoms with Gasteiger partial charge in [0, 0.05) is 11.8 Å². The van der Waals surface area contributed by atoms with Gasteiger partial charge in [0.05, 0.1) is 16.7 Å². The fourth-order valence-corrected chi connectivity index (χ4v) is 3.62. The largest absolute Gasteiger partial charge is 0.316 e. The van der Waals surface area contributed by atoms with Crippen LogP contribution in [0.1, 0.15) is 36.0 Å². The monoisotopic (exact) mass is 237 g/mol. The molecular formula is C12H19N3S. The predicted molar refractivity (Wildman–Crippen MR) is 66.8 cm³/mol. The average molecular weight is 237 g/mol. The number of hydrogen-bond donors (Lipinski definition) is 2. The van der Waals surface area contributed by atoms with Gasteiger partial charge in [-0.15, -0.1) is 11.3 Å². The minimum Gasteiger partial charge on any atom is -0.316 e. The first kappa shape index (κ1) is 10.7. The molecule has 0 bridgehead atoms. The lowest BCUT2D eigenvalue weighted by atomic mass is 10.1. The zero-order valence-electron chi connectivity index (χ0n) is 9.54. The molecule has 1 aromatic heterocycles. The van der Waals surface area contributed by atoms with Crippen molar-refractivity contribution >= 4 is 11.3 Å². The van der Waals surface area contributed by atoms with Gasteiger partial charge in [0.1, 0.15) is 0 Å². The highest BCUT2D eigenvalue weighted by atomic mass is 32.1. The summed E-state index contributed by atoms with van der Waals surface area (Å²) in [4.78, 5) is 4.78. The standard InChI is InChI=1S/C12H19N3S/c1-2-10(14-4-1)11-8-16-12(15-11)6-9-3-5-13-7-9/h8-10,13-14H,1-7H2. The highest BCUT2D eigenvalue weighted by Gasteiger charge is 2.21. The lowest BCUT2D eigenvalue weighted by Gasteiger charge is -2.06. The molecule has 0 saturated carbocycles. The SMILES string of the molecule is c1sc(CC2CCNC2)nc1C1CCCN1. The van der Waals surface area contributed by atoms with E-state index in [2.05, 4.69) is 16.0 Å². The van der Waals surface area contributed by atoms with Crippen LogP contribution in [-0.4, -0.2) is 24.6 Å². The van der Waals surface area contributed by atoms with Gasteiger partial charge in [0.2, 0.25) is 0 Å². The summed E-state index contributed by atoms with van der Waals surface area (Å²) in [6.45, 7) is 3.52. The molecule has 3 heterocycles. The van der Waals surface area contributed by atoms with E-state index in [1.54, 1.807) is 0 Å². The molecule has 2 atom stereocenters. The van der Waals surface area contributed by atoms with Crippen LogP contribution in [0.4, 0.5) is 0 Å². The van der Waals surface area contributed by atoms with Crippen molar-refractivity contribution < 1.29 is 0 Å². The highest BCUT2D eigenvalue weighted by molar-refractivity contribution is 7.09. The van der Waals surface area contributed by atoms with E-state index in [4.69, 9.17) is 4.98 Å². The second-order valence-corrected chi connectivity index (χ2v) is 5.82. The van der Waals surface area contributed by atoms with E-state index in [0.717, 1.165) is 12.5 Å². The maximum absolute atomic E-state index is 4.78. The number of nitrogens with zero attached hydrogens (tertiary/aromatic N) is 1. The van der Waals surface area contributed by atoms with Crippen LogP contribution in [0.2, 0.25) is 0 Å². The minimum atomic E-state index is 0.534. The molecule has 3 nitrogen and oxygen atoms in total. The number of rotatable bonds is 3. The summed E-state index contributed by atoms with van der Waals surface area (Å²) in [6.07, 6.45) is 5.04. The second-order valence-electron chi connectivity index (χ2n) is 4.88. The van der Waals surface area contributed by atoms with Crippen LogP contribution in [-0.2, 0) is 6.42 Å². The fourth-order valence-electron chi connectivity index (χ4n) is 2.65. The van der Waals surface area contributed by atoms with Crippen molar-refractivity contribution in [2.75, 3.05) is 19.6 Å². The molecule has 88 valence electrons. The van der Waals surface area contributed by atoms with Crippen LogP contribution in [0.3, 0.4) is 0 Å². The maximum Gasteiger partial charge on any atom is 0.0932 e. The van der Waals surface area contributed by atoms with E-state index < -0.39 is 0 Å². The first-order valence-electron chi connectivity index (χ1n) is 6.30. The molecule has 2 unspecified atom stereocenters. The fraction of sp³-hybridized carbons (Fsp3) is 0.750. The molecule has 2 fully saturated rings. The van der Waals surface area contributed by atoms with Gasteiger partial charge in [-0.3, -0.25) is 0 Å². The zero-order chi connectivity index (χ0) is 10.8. The molecule has 3 rings (SSSR count). The van der Waals surface area contributed by atoms with E-state index in [1.807, 2.05) is 11.3 Å². The highest BCUT2D eigenvalue weighted by Crippen LogP contribution is 2.26. The zero-order valence-corrected chi connectivity index (χ0v) is 10.4. The van der Waals surface area contributed by atoms with E-state index in [-0.39, 0.29) is 0 Å². The average Bonchev–Trinajstić information content (AvgIpc) is 2.99. The molecule has 0 radical (unpaired) electrons. The molecule has 2 N–H and O–H groups in total. The molecule has 16 heavy (non-hydrogen) atoms. The van der Waals surface area contributed by atoms with Crippen molar-refractivity contribution in [2.24, 2.45) is 5.92 Å². The van der Waals surface area contributed by atoms with Gasteiger partial charge in [0.25, 0.3) is 0 Å².